The molecule has 0 spiro atoms. The molecule has 2 N–H and O–H groups in total. The fourth-order valence-electron chi connectivity index (χ4n) is 2.14. The van der Waals surface area contributed by atoms with Crippen LogP contribution in [0, 0.1) is 0 Å². The van der Waals surface area contributed by atoms with Gasteiger partial charge in [0.25, 0.3) is 0 Å². The molecular weight excluding hydrogens is 270 g/mol. The number of phenolic OH excluding ortho intramolecular Hbond substituents is 1. The van der Waals surface area contributed by atoms with E-state index in [1.807, 2.05) is 25.1 Å². The lowest BCUT2D eigenvalue weighted by Crippen LogP contribution is -2.36. The zero-order valence-electron chi connectivity index (χ0n) is 12.2. The van der Waals surface area contributed by atoms with Gasteiger partial charge >= 0.3 is 5.97 Å². The highest BCUT2D eigenvalue weighted by atomic mass is 16.4. The van der Waals surface area contributed by atoms with Crippen LogP contribution < -0.4 is 4.90 Å². The Hall–Kier alpha value is -2.34. The van der Waals surface area contributed by atoms with Crippen molar-refractivity contribution in [1.29, 1.82) is 0 Å². The Kier molecular flexibility index (Phi) is 4.59. The maximum absolute atomic E-state index is 11.1. The highest BCUT2D eigenvalue weighted by molar-refractivity contribution is 5.94. The molecule has 6 heteroatoms. The molecule has 0 unspecified atom stereocenters. The summed E-state index contributed by atoms with van der Waals surface area (Å²) in [6, 6.07) is 6.85. The van der Waals surface area contributed by atoms with Gasteiger partial charge in [0, 0.05) is 24.7 Å². The minimum absolute atomic E-state index is 0.129. The molecule has 2 aromatic rings. The van der Waals surface area contributed by atoms with Crippen LogP contribution in [0.5, 0.6) is 5.75 Å². The minimum Gasteiger partial charge on any atom is -0.508 e. The van der Waals surface area contributed by atoms with Crippen molar-refractivity contribution in [2.75, 3.05) is 38.6 Å². The van der Waals surface area contributed by atoms with Gasteiger partial charge in [0.15, 0.2) is 0 Å². The highest BCUT2D eigenvalue weighted by Crippen LogP contribution is 2.27. The molecule has 2 rings (SSSR count). The molecule has 1 heterocycles. The van der Waals surface area contributed by atoms with Gasteiger partial charge < -0.3 is 20.0 Å². The zero-order chi connectivity index (χ0) is 15.4. The third-order valence-corrected chi connectivity index (χ3v) is 3.17. The van der Waals surface area contributed by atoms with Crippen molar-refractivity contribution in [2.24, 2.45) is 0 Å². The Morgan fingerprint density at radius 3 is 2.67 bits per heavy atom. The molecule has 0 saturated carbocycles. The molecule has 0 fully saturated rings. The molecule has 0 bridgehead atoms. The van der Waals surface area contributed by atoms with E-state index in [-0.39, 0.29) is 12.3 Å². The fraction of sp³-hybridized carbons (Fsp3) is 0.333. The predicted molar refractivity (Wildman–Crippen MR) is 81.8 cm³/mol. The first-order valence-corrected chi connectivity index (χ1v) is 6.66. The molecule has 0 radical (unpaired) electrons. The monoisotopic (exact) mass is 289 g/mol. The molecule has 0 saturated heterocycles. The van der Waals surface area contributed by atoms with E-state index in [1.165, 1.54) is 0 Å². The number of fused-ring (bicyclic) bond motifs is 1. The first-order valence-electron chi connectivity index (χ1n) is 6.66. The summed E-state index contributed by atoms with van der Waals surface area (Å²) in [5, 5.41) is 20.4. The minimum atomic E-state index is -0.910. The van der Waals surface area contributed by atoms with Gasteiger partial charge in [-0.05, 0) is 37.7 Å². The number of hydrogen-bond acceptors (Lipinski definition) is 5. The molecule has 6 nitrogen and oxygen atoms in total. The molecular formula is C15H19N3O3. The van der Waals surface area contributed by atoms with E-state index in [0.29, 0.717) is 18.9 Å². The number of anilines is 1. The smallest absolute Gasteiger partial charge is 0.323 e. The van der Waals surface area contributed by atoms with Crippen LogP contribution >= 0.6 is 0 Å². The third kappa shape index (κ3) is 3.82. The summed E-state index contributed by atoms with van der Waals surface area (Å²) in [5.41, 5.74) is 0. The standard InChI is InChI=1S/C15H19N3O3/c1-17(2)7-8-18(10-14(20)21)15-13-9-12(19)4-3-11(13)5-6-16-15/h3-6,9,19H,7-8,10H2,1-2H3,(H,20,21). The molecule has 1 aromatic carbocycles. The Morgan fingerprint density at radius 1 is 1.24 bits per heavy atom. The quantitative estimate of drug-likeness (QED) is 0.837. The summed E-state index contributed by atoms with van der Waals surface area (Å²) in [6.07, 6.45) is 1.65. The molecule has 0 aliphatic heterocycles. The molecule has 21 heavy (non-hydrogen) atoms. The third-order valence-electron chi connectivity index (χ3n) is 3.17. The first kappa shape index (κ1) is 15.1. The summed E-state index contributed by atoms with van der Waals surface area (Å²) in [4.78, 5) is 19.1. The van der Waals surface area contributed by atoms with Crippen LogP contribution in [0.3, 0.4) is 0 Å². The molecule has 1 aromatic heterocycles. The van der Waals surface area contributed by atoms with Crippen LogP contribution in [-0.4, -0.2) is 59.8 Å². The van der Waals surface area contributed by atoms with E-state index in [0.717, 1.165) is 10.8 Å². The SMILES string of the molecule is CN(C)CCN(CC(=O)O)c1nccc2ccc(O)cc12. The number of hydrogen-bond donors (Lipinski definition) is 2. The van der Waals surface area contributed by atoms with Crippen LogP contribution in [0.4, 0.5) is 5.82 Å². The van der Waals surface area contributed by atoms with E-state index >= 15 is 0 Å². The second-order valence-corrected chi connectivity index (χ2v) is 5.16. The van der Waals surface area contributed by atoms with Gasteiger partial charge in [-0.15, -0.1) is 0 Å². The molecule has 0 aliphatic rings. The predicted octanol–water partition coefficient (Wildman–Crippen LogP) is 1.39. The lowest BCUT2D eigenvalue weighted by Gasteiger charge is -2.24. The summed E-state index contributed by atoms with van der Waals surface area (Å²) < 4.78 is 0. The zero-order valence-corrected chi connectivity index (χ0v) is 12.2. The Bertz CT molecular complexity index is 643. The van der Waals surface area contributed by atoms with Crippen molar-refractivity contribution in [2.45, 2.75) is 0 Å². The second kappa shape index (κ2) is 6.41. The highest BCUT2D eigenvalue weighted by Gasteiger charge is 2.15. The largest absolute Gasteiger partial charge is 0.508 e. The average molecular weight is 289 g/mol. The van der Waals surface area contributed by atoms with Gasteiger partial charge in [-0.1, -0.05) is 6.07 Å². The lowest BCUT2D eigenvalue weighted by atomic mass is 10.1. The number of rotatable bonds is 6. The number of phenols is 1. The van der Waals surface area contributed by atoms with Crippen molar-refractivity contribution >= 4 is 22.6 Å². The number of carboxylic acids is 1. The normalized spacial score (nSPS) is 11.0. The van der Waals surface area contributed by atoms with Gasteiger partial charge in [-0.3, -0.25) is 4.79 Å². The molecule has 0 atom stereocenters. The number of nitrogens with zero attached hydrogens (tertiary/aromatic N) is 3. The summed E-state index contributed by atoms with van der Waals surface area (Å²) in [7, 11) is 3.86. The number of benzene rings is 1. The van der Waals surface area contributed by atoms with Crippen molar-refractivity contribution in [3.8, 4) is 5.75 Å². The van der Waals surface area contributed by atoms with E-state index in [2.05, 4.69) is 4.98 Å². The van der Waals surface area contributed by atoms with E-state index in [9.17, 15) is 9.90 Å². The van der Waals surface area contributed by atoms with Crippen molar-refractivity contribution in [3.05, 3.63) is 30.5 Å². The topological polar surface area (TPSA) is 76.9 Å². The Balaban J connectivity index is 2.42. The van der Waals surface area contributed by atoms with Gasteiger partial charge in [-0.2, -0.15) is 0 Å². The summed E-state index contributed by atoms with van der Waals surface area (Å²) in [5.74, 6) is -0.194. The lowest BCUT2D eigenvalue weighted by molar-refractivity contribution is -0.135. The van der Waals surface area contributed by atoms with Crippen LogP contribution in [-0.2, 0) is 4.79 Å². The number of carboxylic acid groups (broad SMARTS) is 1. The number of likely N-dealkylation sites (N-methyl/N-ethyl adjacent to an activating group) is 1. The van der Waals surface area contributed by atoms with E-state index < -0.39 is 5.97 Å². The first-order chi connectivity index (χ1) is 9.97. The Morgan fingerprint density at radius 2 is 2.00 bits per heavy atom. The van der Waals surface area contributed by atoms with Gasteiger partial charge in [-0.25, -0.2) is 4.98 Å². The average Bonchev–Trinajstić information content (AvgIpc) is 2.42. The summed E-state index contributed by atoms with van der Waals surface area (Å²) in [6.45, 7) is 1.13. The van der Waals surface area contributed by atoms with Gasteiger partial charge in [0.2, 0.25) is 0 Å². The van der Waals surface area contributed by atoms with Crippen molar-refractivity contribution in [3.63, 3.8) is 0 Å². The maximum atomic E-state index is 11.1. The molecule has 0 amide bonds. The van der Waals surface area contributed by atoms with Crippen LogP contribution in [0.1, 0.15) is 0 Å². The molecule has 0 aliphatic carbocycles. The van der Waals surface area contributed by atoms with E-state index in [1.54, 1.807) is 29.3 Å². The van der Waals surface area contributed by atoms with Crippen LogP contribution in [0.25, 0.3) is 10.8 Å². The van der Waals surface area contributed by atoms with Crippen molar-refractivity contribution < 1.29 is 15.0 Å². The van der Waals surface area contributed by atoms with Gasteiger partial charge in [0.05, 0.1) is 0 Å². The maximum Gasteiger partial charge on any atom is 0.323 e. The number of pyridine rings is 1. The van der Waals surface area contributed by atoms with Crippen LogP contribution in [0.2, 0.25) is 0 Å². The number of aliphatic carboxylic acids is 1. The summed E-state index contributed by atoms with van der Waals surface area (Å²) >= 11 is 0. The van der Waals surface area contributed by atoms with Crippen LogP contribution in [0.15, 0.2) is 30.5 Å². The second-order valence-electron chi connectivity index (χ2n) is 5.16. The number of aromatic hydroxyl groups is 1. The van der Waals surface area contributed by atoms with Gasteiger partial charge in [0.1, 0.15) is 18.1 Å². The van der Waals surface area contributed by atoms with E-state index in [4.69, 9.17) is 5.11 Å². The number of carbonyl (C=O) groups is 1. The molecule has 112 valence electrons. The van der Waals surface area contributed by atoms with Crippen molar-refractivity contribution in [1.82, 2.24) is 9.88 Å². The Labute approximate surface area is 123 Å². The fourth-order valence-corrected chi connectivity index (χ4v) is 2.14. The number of aromatic nitrogens is 1.